The van der Waals surface area contributed by atoms with Crippen LogP contribution in [0.3, 0.4) is 0 Å². The van der Waals surface area contributed by atoms with Crippen molar-refractivity contribution < 1.29 is 23.1 Å². The molecular formula is C17H15F3N2O2. The number of rotatable bonds is 2. The maximum Gasteiger partial charge on any atom is 0.416 e. The van der Waals surface area contributed by atoms with Crippen LogP contribution in [0.2, 0.25) is 0 Å². The number of alkyl halides is 3. The number of hydrogen-bond donors (Lipinski definition) is 1. The average Bonchev–Trinajstić information content (AvgIpc) is 2.59. The third-order valence-electron chi connectivity index (χ3n) is 4.05. The SMILES string of the molecule is O=C(C(O)c1cccc(C(F)(F)F)c1)N1CCc2cccnc2C1. The summed E-state index contributed by atoms with van der Waals surface area (Å²) in [7, 11) is 0. The Morgan fingerprint density at radius 1 is 1.25 bits per heavy atom. The van der Waals surface area contributed by atoms with Crippen molar-refractivity contribution in [2.24, 2.45) is 0 Å². The Hall–Kier alpha value is -2.41. The van der Waals surface area contributed by atoms with Crippen molar-refractivity contribution in [3.8, 4) is 0 Å². The Bertz CT molecular complexity index is 761. The second-order valence-electron chi connectivity index (χ2n) is 5.64. The summed E-state index contributed by atoms with van der Waals surface area (Å²) < 4.78 is 38.3. The molecule has 1 N–H and O–H groups in total. The predicted octanol–water partition coefficient (Wildman–Crippen LogP) is 2.72. The van der Waals surface area contributed by atoms with Gasteiger partial charge in [-0.05, 0) is 35.7 Å². The number of aliphatic hydroxyl groups is 1. The summed E-state index contributed by atoms with van der Waals surface area (Å²) in [5.74, 6) is -0.620. The minimum atomic E-state index is -4.52. The predicted molar refractivity (Wildman–Crippen MR) is 79.8 cm³/mol. The first-order valence-electron chi connectivity index (χ1n) is 7.43. The molecule has 0 spiro atoms. The number of benzene rings is 1. The highest BCUT2D eigenvalue weighted by Gasteiger charge is 2.32. The highest BCUT2D eigenvalue weighted by molar-refractivity contribution is 5.82. The molecule has 126 valence electrons. The third-order valence-corrected chi connectivity index (χ3v) is 4.05. The van der Waals surface area contributed by atoms with E-state index in [4.69, 9.17) is 0 Å². The van der Waals surface area contributed by atoms with Crippen LogP contribution in [0.15, 0.2) is 42.6 Å². The van der Waals surface area contributed by atoms with E-state index in [1.165, 1.54) is 17.0 Å². The average molecular weight is 336 g/mol. The molecule has 4 nitrogen and oxygen atoms in total. The molecule has 24 heavy (non-hydrogen) atoms. The molecule has 0 saturated heterocycles. The highest BCUT2D eigenvalue weighted by atomic mass is 19.4. The normalized spacial score (nSPS) is 15.8. The highest BCUT2D eigenvalue weighted by Crippen LogP contribution is 2.31. The number of fused-ring (bicyclic) bond motifs is 1. The molecule has 2 aromatic rings. The molecule has 1 amide bonds. The van der Waals surface area contributed by atoms with Gasteiger partial charge in [0.1, 0.15) is 0 Å². The molecule has 1 unspecified atom stereocenters. The summed E-state index contributed by atoms with van der Waals surface area (Å²) in [5.41, 5.74) is 0.822. The van der Waals surface area contributed by atoms with Crippen molar-refractivity contribution in [2.45, 2.75) is 25.2 Å². The van der Waals surface area contributed by atoms with E-state index in [2.05, 4.69) is 4.98 Å². The molecule has 1 atom stereocenters. The fourth-order valence-electron chi connectivity index (χ4n) is 2.75. The molecule has 0 fully saturated rings. The van der Waals surface area contributed by atoms with E-state index >= 15 is 0 Å². The smallest absolute Gasteiger partial charge is 0.378 e. The Labute approximate surface area is 136 Å². The Morgan fingerprint density at radius 3 is 2.79 bits per heavy atom. The number of nitrogens with zero attached hydrogens (tertiary/aromatic N) is 2. The standard InChI is InChI=1S/C17H15F3N2O2/c18-17(19,20)13-5-1-3-12(9-13)15(23)16(24)22-8-6-11-4-2-7-21-14(11)10-22/h1-5,7,9,15,23H,6,8,10H2. The van der Waals surface area contributed by atoms with Gasteiger partial charge in [-0.15, -0.1) is 0 Å². The molecule has 3 rings (SSSR count). The summed E-state index contributed by atoms with van der Waals surface area (Å²) in [6.07, 6.45) is -3.93. The van der Waals surface area contributed by atoms with Crippen molar-refractivity contribution in [3.05, 3.63) is 65.0 Å². The number of hydrogen-bond acceptors (Lipinski definition) is 3. The Kier molecular flexibility index (Phi) is 4.28. The van der Waals surface area contributed by atoms with Gasteiger partial charge < -0.3 is 10.0 Å². The summed E-state index contributed by atoms with van der Waals surface area (Å²) in [5, 5.41) is 10.2. The van der Waals surface area contributed by atoms with Gasteiger partial charge in [-0.2, -0.15) is 13.2 Å². The van der Waals surface area contributed by atoms with Gasteiger partial charge in [-0.1, -0.05) is 18.2 Å². The molecule has 1 aliphatic rings. The lowest BCUT2D eigenvalue weighted by Gasteiger charge is -2.29. The zero-order valence-corrected chi connectivity index (χ0v) is 12.6. The van der Waals surface area contributed by atoms with Gasteiger partial charge >= 0.3 is 6.18 Å². The van der Waals surface area contributed by atoms with E-state index in [0.29, 0.717) is 13.0 Å². The fraction of sp³-hybridized carbons (Fsp3) is 0.294. The molecule has 1 aromatic heterocycles. The second kappa shape index (κ2) is 6.24. The van der Waals surface area contributed by atoms with Gasteiger partial charge in [0.05, 0.1) is 17.8 Å². The molecule has 0 saturated carbocycles. The van der Waals surface area contributed by atoms with Crippen molar-refractivity contribution in [2.75, 3.05) is 6.54 Å². The van der Waals surface area contributed by atoms with Crippen LogP contribution in [0.4, 0.5) is 13.2 Å². The first kappa shape index (κ1) is 16.4. The van der Waals surface area contributed by atoms with Crippen LogP contribution in [0.1, 0.15) is 28.5 Å². The van der Waals surface area contributed by atoms with Crippen LogP contribution in [-0.4, -0.2) is 27.4 Å². The molecule has 1 aliphatic heterocycles. The second-order valence-corrected chi connectivity index (χ2v) is 5.64. The van der Waals surface area contributed by atoms with E-state index in [9.17, 15) is 23.1 Å². The lowest BCUT2D eigenvalue weighted by Crippen LogP contribution is -2.39. The maximum absolute atomic E-state index is 12.8. The molecule has 7 heteroatoms. The zero-order chi connectivity index (χ0) is 17.3. The van der Waals surface area contributed by atoms with Gasteiger partial charge in [0.2, 0.25) is 0 Å². The number of pyridine rings is 1. The van der Waals surface area contributed by atoms with Crippen molar-refractivity contribution in [3.63, 3.8) is 0 Å². The summed E-state index contributed by atoms with van der Waals surface area (Å²) in [4.78, 5) is 18.1. The number of halogens is 3. The molecule has 0 aliphatic carbocycles. The Morgan fingerprint density at radius 2 is 2.04 bits per heavy atom. The largest absolute Gasteiger partial charge is 0.416 e. The first-order chi connectivity index (χ1) is 11.4. The van der Waals surface area contributed by atoms with E-state index < -0.39 is 23.8 Å². The van der Waals surface area contributed by atoms with Crippen molar-refractivity contribution in [1.82, 2.24) is 9.88 Å². The summed E-state index contributed by atoms with van der Waals surface area (Å²) in [6, 6.07) is 7.94. The zero-order valence-electron chi connectivity index (χ0n) is 12.6. The number of aliphatic hydroxyl groups excluding tert-OH is 1. The van der Waals surface area contributed by atoms with Gasteiger partial charge in [-0.3, -0.25) is 9.78 Å². The molecule has 2 heterocycles. The summed E-state index contributed by atoms with van der Waals surface area (Å²) >= 11 is 0. The number of carbonyl (C=O) groups excluding carboxylic acids is 1. The van der Waals surface area contributed by atoms with Gasteiger partial charge in [0.25, 0.3) is 5.91 Å². The maximum atomic E-state index is 12.8. The lowest BCUT2D eigenvalue weighted by atomic mass is 10.0. The third kappa shape index (κ3) is 3.26. The van der Waals surface area contributed by atoms with E-state index in [0.717, 1.165) is 23.4 Å². The number of carbonyl (C=O) groups is 1. The van der Waals surface area contributed by atoms with Crippen LogP contribution < -0.4 is 0 Å². The van der Waals surface area contributed by atoms with Crippen LogP contribution in [-0.2, 0) is 23.9 Å². The Balaban J connectivity index is 1.79. The van der Waals surface area contributed by atoms with Crippen molar-refractivity contribution in [1.29, 1.82) is 0 Å². The fourth-order valence-corrected chi connectivity index (χ4v) is 2.75. The van der Waals surface area contributed by atoms with E-state index in [1.807, 2.05) is 12.1 Å². The van der Waals surface area contributed by atoms with Crippen LogP contribution in [0, 0.1) is 0 Å². The van der Waals surface area contributed by atoms with Gasteiger partial charge in [0.15, 0.2) is 6.10 Å². The number of aromatic nitrogens is 1. The minimum Gasteiger partial charge on any atom is -0.378 e. The van der Waals surface area contributed by atoms with Crippen molar-refractivity contribution >= 4 is 5.91 Å². The van der Waals surface area contributed by atoms with Gasteiger partial charge in [0, 0.05) is 12.7 Å². The van der Waals surface area contributed by atoms with Gasteiger partial charge in [-0.25, -0.2) is 0 Å². The van der Waals surface area contributed by atoms with Crippen LogP contribution in [0.25, 0.3) is 0 Å². The van der Waals surface area contributed by atoms with E-state index in [1.54, 1.807) is 6.20 Å². The molecule has 0 bridgehead atoms. The quantitative estimate of drug-likeness (QED) is 0.917. The number of amides is 1. The van der Waals surface area contributed by atoms with E-state index in [-0.39, 0.29) is 12.1 Å². The lowest BCUT2D eigenvalue weighted by molar-refractivity contribution is -0.142. The minimum absolute atomic E-state index is 0.0679. The van der Waals surface area contributed by atoms with Crippen LogP contribution in [0.5, 0.6) is 0 Å². The first-order valence-corrected chi connectivity index (χ1v) is 7.43. The topological polar surface area (TPSA) is 53.4 Å². The summed E-state index contributed by atoms with van der Waals surface area (Å²) in [6.45, 7) is 0.637. The van der Waals surface area contributed by atoms with Crippen LogP contribution >= 0.6 is 0 Å². The molecule has 1 aromatic carbocycles. The monoisotopic (exact) mass is 336 g/mol. The molecular weight excluding hydrogens is 321 g/mol. The molecule has 0 radical (unpaired) electrons.